The minimum Gasteiger partial charge on any atom is -0.377 e. The van der Waals surface area contributed by atoms with Crippen LogP contribution in [-0.4, -0.2) is 48.2 Å². The van der Waals surface area contributed by atoms with E-state index in [4.69, 9.17) is 27.9 Å². The molecule has 2 N–H and O–H groups in total. The number of nitrogens with one attached hydrogen (secondary N) is 2. The van der Waals surface area contributed by atoms with Crippen LogP contribution in [0.15, 0.2) is 30.3 Å². The van der Waals surface area contributed by atoms with Crippen LogP contribution >= 0.6 is 23.2 Å². The minimum atomic E-state index is -0.277. The first-order valence-electron chi connectivity index (χ1n) is 9.87. The molecule has 3 heterocycles. The van der Waals surface area contributed by atoms with E-state index in [2.05, 4.69) is 32.3 Å². The number of methoxy groups -OCH3 is 1. The third-order valence-corrected chi connectivity index (χ3v) is 6.57. The maximum Gasteiger partial charge on any atom is 0.269 e. The molecule has 1 aromatic carbocycles. The van der Waals surface area contributed by atoms with Crippen molar-refractivity contribution in [3.8, 4) is 0 Å². The molecule has 1 aliphatic heterocycles. The van der Waals surface area contributed by atoms with Crippen LogP contribution in [0.3, 0.4) is 0 Å². The fourth-order valence-electron chi connectivity index (χ4n) is 4.06. The largest absolute Gasteiger partial charge is 0.377 e. The summed E-state index contributed by atoms with van der Waals surface area (Å²) in [4.78, 5) is 22.7. The number of aromatic nitrogens is 2. The molecule has 30 heavy (non-hydrogen) atoms. The van der Waals surface area contributed by atoms with Gasteiger partial charge in [0.05, 0.1) is 27.7 Å². The molecule has 4 rings (SSSR count). The van der Waals surface area contributed by atoms with Gasteiger partial charge in [0, 0.05) is 42.7 Å². The van der Waals surface area contributed by atoms with Gasteiger partial charge in [-0.15, -0.1) is 0 Å². The zero-order valence-corrected chi connectivity index (χ0v) is 18.6. The lowest BCUT2D eigenvalue weighted by Gasteiger charge is -2.39. The van der Waals surface area contributed by atoms with Crippen molar-refractivity contribution in [2.24, 2.45) is 0 Å². The Kier molecular flexibility index (Phi) is 5.91. The fourth-order valence-corrected chi connectivity index (χ4v) is 4.47. The van der Waals surface area contributed by atoms with Crippen molar-refractivity contribution >= 4 is 45.7 Å². The van der Waals surface area contributed by atoms with E-state index >= 15 is 0 Å². The highest BCUT2D eigenvalue weighted by Gasteiger charge is 2.32. The Bertz CT molecular complexity index is 1100. The summed E-state index contributed by atoms with van der Waals surface area (Å²) in [5.74, 6) is -0.277. The SMILES string of the molecule is COC1CN(c2cc(C)nc3ccccc23)CCC1NC(=O)c1[nH]c(C)c(Cl)c1Cl. The van der Waals surface area contributed by atoms with Gasteiger partial charge in [0.25, 0.3) is 5.91 Å². The Morgan fingerprint density at radius 2 is 2.03 bits per heavy atom. The van der Waals surface area contributed by atoms with Crippen LogP contribution in [0.4, 0.5) is 5.69 Å². The van der Waals surface area contributed by atoms with Crippen molar-refractivity contribution in [3.63, 3.8) is 0 Å². The standard InChI is InChI=1S/C22H24Cl2N4O2/c1-12-10-17(14-6-4-5-7-15(14)25-12)28-9-8-16(18(11-28)30-3)27-22(29)21-20(24)19(23)13(2)26-21/h4-7,10,16,18,26H,8-9,11H2,1-3H3,(H,27,29). The van der Waals surface area contributed by atoms with Crippen molar-refractivity contribution in [1.29, 1.82) is 0 Å². The zero-order chi connectivity index (χ0) is 21.4. The molecule has 1 aliphatic rings. The second-order valence-corrected chi connectivity index (χ2v) is 8.40. The summed E-state index contributed by atoms with van der Waals surface area (Å²) in [6.07, 6.45) is 0.575. The molecule has 0 radical (unpaired) electrons. The summed E-state index contributed by atoms with van der Waals surface area (Å²) in [6.45, 7) is 5.23. The third-order valence-electron chi connectivity index (χ3n) is 5.62. The molecular weight excluding hydrogens is 423 g/mol. The number of hydrogen-bond acceptors (Lipinski definition) is 4. The lowest BCUT2D eigenvalue weighted by molar-refractivity contribution is 0.0541. The van der Waals surface area contributed by atoms with Gasteiger partial charge in [0.1, 0.15) is 5.69 Å². The molecule has 0 bridgehead atoms. The lowest BCUT2D eigenvalue weighted by Crippen LogP contribution is -2.55. The number of piperidine rings is 1. The number of nitrogens with zero attached hydrogens (tertiary/aromatic N) is 2. The van der Waals surface area contributed by atoms with E-state index < -0.39 is 0 Å². The second-order valence-electron chi connectivity index (χ2n) is 7.64. The number of hydrogen-bond donors (Lipinski definition) is 2. The predicted molar refractivity (Wildman–Crippen MR) is 121 cm³/mol. The monoisotopic (exact) mass is 446 g/mol. The van der Waals surface area contributed by atoms with E-state index in [-0.39, 0.29) is 28.8 Å². The summed E-state index contributed by atoms with van der Waals surface area (Å²) >= 11 is 12.3. The quantitative estimate of drug-likeness (QED) is 0.618. The number of carbonyl (C=O) groups excluding carboxylic acids is 1. The number of ether oxygens (including phenoxy) is 1. The summed E-state index contributed by atoms with van der Waals surface area (Å²) in [5.41, 5.74) is 4.05. The van der Waals surface area contributed by atoms with Crippen LogP contribution in [0.2, 0.25) is 10.0 Å². The van der Waals surface area contributed by atoms with E-state index in [0.717, 1.165) is 35.2 Å². The number of benzene rings is 1. The maximum absolute atomic E-state index is 12.8. The van der Waals surface area contributed by atoms with Gasteiger partial charge in [-0.05, 0) is 32.4 Å². The Hall–Kier alpha value is -2.28. The molecule has 2 atom stereocenters. The van der Waals surface area contributed by atoms with E-state index in [1.165, 1.54) is 0 Å². The highest BCUT2D eigenvalue weighted by molar-refractivity contribution is 6.44. The summed E-state index contributed by atoms with van der Waals surface area (Å²) in [5, 5.41) is 4.80. The number of aryl methyl sites for hydroxylation is 2. The number of pyridine rings is 1. The average Bonchev–Trinajstić information content (AvgIpc) is 3.00. The summed E-state index contributed by atoms with van der Waals surface area (Å²) in [7, 11) is 1.67. The highest BCUT2D eigenvalue weighted by atomic mass is 35.5. The summed E-state index contributed by atoms with van der Waals surface area (Å²) < 4.78 is 5.75. The molecule has 6 nitrogen and oxygen atoms in total. The predicted octanol–water partition coefficient (Wildman–Crippen LogP) is 4.51. The first kappa shape index (κ1) is 21.0. The molecule has 0 saturated carbocycles. The van der Waals surface area contributed by atoms with Crippen LogP contribution in [0.1, 0.15) is 28.3 Å². The number of anilines is 1. The number of para-hydroxylation sites is 1. The van der Waals surface area contributed by atoms with Gasteiger partial charge < -0.3 is 19.9 Å². The minimum absolute atomic E-state index is 0.133. The van der Waals surface area contributed by atoms with Gasteiger partial charge in [-0.2, -0.15) is 0 Å². The van der Waals surface area contributed by atoms with Crippen LogP contribution in [0.5, 0.6) is 0 Å². The Morgan fingerprint density at radius 1 is 1.27 bits per heavy atom. The lowest BCUT2D eigenvalue weighted by atomic mass is 9.99. The molecule has 1 fully saturated rings. The number of fused-ring (bicyclic) bond motifs is 1. The summed E-state index contributed by atoms with van der Waals surface area (Å²) in [6, 6.07) is 10.1. The van der Waals surface area contributed by atoms with Crippen molar-refractivity contribution in [2.75, 3.05) is 25.1 Å². The van der Waals surface area contributed by atoms with Crippen molar-refractivity contribution in [1.82, 2.24) is 15.3 Å². The van der Waals surface area contributed by atoms with Gasteiger partial charge in [0.2, 0.25) is 0 Å². The average molecular weight is 447 g/mol. The molecule has 0 spiro atoms. The number of carbonyl (C=O) groups is 1. The molecular formula is C22H24Cl2N4O2. The fraction of sp³-hybridized carbons (Fsp3) is 0.364. The van der Waals surface area contributed by atoms with Crippen molar-refractivity contribution < 1.29 is 9.53 Å². The first-order valence-corrected chi connectivity index (χ1v) is 10.6. The van der Waals surface area contributed by atoms with Gasteiger partial charge >= 0.3 is 0 Å². The van der Waals surface area contributed by atoms with Crippen LogP contribution < -0.4 is 10.2 Å². The van der Waals surface area contributed by atoms with Gasteiger partial charge in [0.15, 0.2) is 0 Å². The van der Waals surface area contributed by atoms with Gasteiger partial charge in [-0.3, -0.25) is 9.78 Å². The number of halogens is 2. The van der Waals surface area contributed by atoms with Crippen LogP contribution in [0.25, 0.3) is 10.9 Å². The van der Waals surface area contributed by atoms with E-state index in [9.17, 15) is 4.79 Å². The molecule has 1 saturated heterocycles. The normalized spacial score (nSPS) is 19.3. The molecule has 158 valence electrons. The zero-order valence-electron chi connectivity index (χ0n) is 17.1. The Balaban J connectivity index is 1.54. The number of amides is 1. The van der Waals surface area contributed by atoms with Gasteiger partial charge in [-0.1, -0.05) is 41.4 Å². The molecule has 0 aliphatic carbocycles. The second kappa shape index (κ2) is 8.46. The number of rotatable bonds is 4. The molecule has 3 aromatic rings. The van der Waals surface area contributed by atoms with Crippen molar-refractivity contribution in [2.45, 2.75) is 32.4 Å². The van der Waals surface area contributed by atoms with Gasteiger partial charge in [-0.25, -0.2) is 0 Å². The Morgan fingerprint density at radius 3 is 2.73 bits per heavy atom. The van der Waals surface area contributed by atoms with Crippen LogP contribution in [0, 0.1) is 13.8 Å². The van der Waals surface area contributed by atoms with Crippen LogP contribution in [-0.2, 0) is 4.74 Å². The number of aromatic amines is 1. The van der Waals surface area contributed by atoms with E-state index in [0.29, 0.717) is 17.3 Å². The molecule has 2 unspecified atom stereocenters. The molecule has 8 heteroatoms. The topological polar surface area (TPSA) is 70.2 Å². The highest BCUT2D eigenvalue weighted by Crippen LogP contribution is 2.31. The van der Waals surface area contributed by atoms with E-state index in [1.54, 1.807) is 14.0 Å². The van der Waals surface area contributed by atoms with E-state index in [1.807, 2.05) is 25.1 Å². The smallest absolute Gasteiger partial charge is 0.269 e. The first-order chi connectivity index (χ1) is 14.4. The van der Waals surface area contributed by atoms with Crippen molar-refractivity contribution in [3.05, 3.63) is 57.5 Å². The number of H-pyrrole nitrogens is 1. The molecule has 2 aromatic heterocycles. The third kappa shape index (κ3) is 3.87. The Labute approximate surface area is 185 Å². The molecule has 1 amide bonds. The maximum atomic E-state index is 12.8.